The number of aromatic amines is 1. The van der Waals surface area contributed by atoms with Gasteiger partial charge in [0.1, 0.15) is 18.2 Å². The summed E-state index contributed by atoms with van der Waals surface area (Å²) < 4.78 is 16.5. The molecule has 0 amide bonds. The molecule has 0 saturated heterocycles. The number of ether oxygens (including phenoxy) is 3. The molecular formula is C18H17ClN4O3. The number of aromatic nitrogens is 2. The molecule has 1 aromatic carbocycles. The van der Waals surface area contributed by atoms with Crippen LogP contribution in [0.4, 0.5) is 0 Å². The van der Waals surface area contributed by atoms with Crippen molar-refractivity contribution in [3.63, 3.8) is 0 Å². The van der Waals surface area contributed by atoms with Gasteiger partial charge in [0.05, 0.1) is 18.1 Å². The van der Waals surface area contributed by atoms with Gasteiger partial charge in [-0.2, -0.15) is 5.26 Å². The summed E-state index contributed by atoms with van der Waals surface area (Å²) in [6, 6.07) is 5.61. The Labute approximate surface area is 155 Å². The third-order valence-electron chi connectivity index (χ3n) is 4.06. The third kappa shape index (κ3) is 2.85. The number of rotatable bonds is 5. The Morgan fingerprint density at radius 3 is 2.96 bits per heavy atom. The normalized spacial score (nSPS) is 15.7. The van der Waals surface area contributed by atoms with Gasteiger partial charge in [0.2, 0.25) is 11.8 Å². The molecule has 2 heterocycles. The number of hydrogen-bond acceptors (Lipinski definition) is 6. The molecular weight excluding hydrogens is 356 g/mol. The first-order valence-electron chi connectivity index (χ1n) is 7.75. The maximum atomic E-state index is 9.62. The average Bonchev–Trinajstić information content (AvgIpc) is 2.99. The maximum Gasteiger partial charge on any atom is 0.244 e. The molecule has 1 aliphatic heterocycles. The Bertz CT molecular complexity index is 943. The van der Waals surface area contributed by atoms with Gasteiger partial charge in [0.25, 0.3) is 0 Å². The van der Waals surface area contributed by atoms with Gasteiger partial charge in [-0.25, -0.2) is 0 Å². The summed E-state index contributed by atoms with van der Waals surface area (Å²) in [7, 11) is 1.52. The van der Waals surface area contributed by atoms with E-state index in [9.17, 15) is 5.26 Å². The summed E-state index contributed by atoms with van der Waals surface area (Å²) in [5, 5.41) is 16.9. The van der Waals surface area contributed by atoms with Crippen molar-refractivity contribution < 1.29 is 14.2 Å². The standard InChI is InChI=1S/C18H17ClN4O3/c1-4-5-25-16-12(19)6-10(7-13(16)24-3)15-11(8-20)17(21)26-18-14(15)9(2)22-23-18/h4,6-7,15H,1,5,21H2,2-3H3,(H,22,23)/t15-/m1/s1. The van der Waals surface area contributed by atoms with Crippen molar-refractivity contribution in [2.24, 2.45) is 5.73 Å². The van der Waals surface area contributed by atoms with Gasteiger partial charge in [-0.3, -0.25) is 5.10 Å². The van der Waals surface area contributed by atoms with Crippen LogP contribution in [-0.4, -0.2) is 23.9 Å². The fraction of sp³-hybridized carbons (Fsp3) is 0.222. The summed E-state index contributed by atoms with van der Waals surface area (Å²) in [6.45, 7) is 5.75. The van der Waals surface area contributed by atoms with E-state index in [2.05, 4.69) is 22.8 Å². The highest BCUT2D eigenvalue weighted by Crippen LogP contribution is 2.46. The van der Waals surface area contributed by atoms with E-state index in [4.69, 9.17) is 31.5 Å². The number of allylic oxidation sites excluding steroid dienone is 1. The molecule has 1 atom stereocenters. The highest BCUT2D eigenvalue weighted by Gasteiger charge is 2.35. The molecule has 134 valence electrons. The molecule has 2 aromatic rings. The van der Waals surface area contributed by atoms with Crippen LogP contribution in [0.15, 0.2) is 36.2 Å². The van der Waals surface area contributed by atoms with Gasteiger partial charge >= 0.3 is 0 Å². The summed E-state index contributed by atoms with van der Waals surface area (Å²) in [4.78, 5) is 0. The van der Waals surface area contributed by atoms with Crippen molar-refractivity contribution in [3.8, 4) is 23.4 Å². The number of nitrogens with zero attached hydrogens (tertiary/aromatic N) is 2. The number of fused-ring (bicyclic) bond motifs is 1. The van der Waals surface area contributed by atoms with Crippen molar-refractivity contribution >= 4 is 11.6 Å². The Morgan fingerprint density at radius 1 is 1.54 bits per heavy atom. The highest BCUT2D eigenvalue weighted by molar-refractivity contribution is 6.32. The van der Waals surface area contributed by atoms with Crippen LogP contribution in [0.5, 0.6) is 17.4 Å². The lowest BCUT2D eigenvalue weighted by Crippen LogP contribution is -2.21. The zero-order chi connectivity index (χ0) is 18.8. The lowest BCUT2D eigenvalue weighted by Gasteiger charge is -2.24. The number of halogens is 1. The van der Waals surface area contributed by atoms with Crippen LogP contribution in [-0.2, 0) is 0 Å². The predicted molar refractivity (Wildman–Crippen MR) is 96.3 cm³/mol. The van der Waals surface area contributed by atoms with E-state index in [0.717, 1.165) is 11.3 Å². The minimum Gasteiger partial charge on any atom is -0.493 e. The van der Waals surface area contributed by atoms with Crippen LogP contribution in [0.1, 0.15) is 22.7 Å². The van der Waals surface area contributed by atoms with Crippen LogP contribution < -0.4 is 19.9 Å². The quantitative estimate of drug-likeness (QED) is 0.781. The Morgan fingerprint density at radius 2 is 2.31 bits per heavy atom. The molecule has 0 bridgehead atoms. The number of H-pyrrole nitrogens is 1. The van der Waals surface area contributed by atoms with E-state index in [1.165, 1.54) is 7.11 Å². The van der Waals surface area contributed by atoms with Gasteiger partial charge in [-0.05, 0) is 24.6 Å². The van der Waals surface area contributed by atoms with Crippen LogP contribution >= 0.6 is 11.6 Å². The van der Waals surface area contributed by atoms with Gasteiger partial charge in [-0.1, -0.05) is 24.3 Å². The number of nitriles is 1. The SMILES string of the molecule is C=CCOc1c(Cl)cc([C@@H]2C(C#N)=C(N)Oc3n[nH]c(C)c32)cc1OC. The molecule has 0 aliphatic carbocycles. The minimum absolute atomic E-state index is 0.0126. The Hall–Kier alpha value is -3.11. The number of aryl methyl sites for hydroxylation is 1. The van der Waals surface area contributed by atoms with Crippen LogP contribution in [0.25, 0.3) is 0 Å². The molecule has 3 rings (SSSR count). The van der Waals surface area contributed by atoms with Crippen molar-refractivity contribution in [1.29, 1.82) is 5.26 Å². The number of methoxy groups -OCH3 is 1. The molecule has 26 heavy (non-hydrogen) atoms. The second kappa shape index (κ2) is 7.02. The van der Waals surface area contributed by atoms with Crippen molar-refractivity contribution in [2.75, 3.05) is 13.7 Å². The second-order valence-corrected chi connectivity index (χ2v) is 6.03. The number of nitrogens with one attached hydrogen (secondary N) is 1. The molecule has 3 N–H and O–H groups in total. The van der Waals surface area contributed by atoms with Gasteiger partial charge < -0.3 is 19.9 Å². The van der Waals surface area contributed by atoms with E-state index < -0.39 is 5.92 Å². The average molecular weight is 373 g/mol. The molecule has 8 heteroatoms. The Balaban J connectivity index is 2.19. The van der Waals surface area contributed by atoms with Crippen LogP contribution in [0, 0.1) is 18.3 Å². The lowest BCUT2D eigenvalue weighted by molar-refractivity contribution is 0.326. The maximum absolute atomic E-state index is 9.62. The van der Waals surface area contributed by atoms with E-state index in [0.29, 0.717) is 28.0 Å². The Kier molecular flexibility index (Phi) is 4.78. The number of benzene rings is 1. The smallest absolute Gasteiger partial charge is 0.244 e. The van der Waals surface area contributed by atoms with Crippen LogP contribution in [0.2, 0.25) is 5.02 Å². The van der Waals surface area contributed by atoms with Crippen molar-refractivity contribution in [1.82, 2.24) is 10.2 Å². The molecule has 0 fully saturated rings. The van der Waals surface area contributed by atoms with Crippen molar-refractivity contribution in [2.45, 2.75) is 12.8 Å². The van der Waals surface area contributed by atoms with E-state index in [1.54, 1.807) is 18.2 Å². The lowest BCUT2D eigenvalue weighted by atomic mass is 9.84. The summed E-state index contributed by atoms with van der Waals surface area (Å²) in [6.07, 6.45) is 1.61. The fourth-order valence-electron chi connectivity index (χ4n) is 2.92. The summed E-state index contributed by atoms with van der Waals surface area (Å²) in [5.74, 6) is 0.718. The van der Waals surface area contributed by atoms with Gasteiger partial charge in [-0.15, -0.1) is 5.10 Å². The number of hydrogen-bond donors (Lipinski definition) is 2. The first-order chi connectivity index (χ1) is 12.5. The molecule has 0 radical (unpaired) electrons. The van der Waals surface area contributed by atoms with E-state index >= 15 is 0 Å². The van der Waals surface area contributed by atoms with Crippen LogP contribution in [0.3, 0.4) is 0 Å². The monoisotopic (exact) mass is 372 g/mol. The van der Waals surface area contributed by atoms with Crippen molar-refractivity contribution in [3.05, 3.63) is 58.1 Å². The van der Waals surface area contributed by atoms with E-state index in [-0.39, 0.29) is 18.1 Å². The van der Waals surface area contributed by atoms with Gasteiger partial charge in [0, 0.05) is 11.3 Å². The molecule has 1 aromatic heterocycles. The summed E-state index contributed by atoms with van der Waals surface area (Å²) in [5.41, 5.74) is 8.42. The fourth-order valence-corrected chi connectivity index (χ4v) is 3.19. The predicted octanol–water partition coefficient (Wildman–Crippen LogP) is 3.16. The van der Waals surface area contributed by atoms with E-state index in [1.807, 2.05) is 6.92 Å². The zero-order valence-corrected chi connectivity index (χ0v) is 15.1. The highest BCUT2D eigenvalue weighted by atomic mass is 35.5. The zero-order valence-electron chi connectivity index (χ0n) is 14.3. The first kappa shape index (κ1) is 17.7. The first-order valence-corrected chi connectivity index (χ1v) is 8.13. The molecule has 0 spiro atoms. The molecule has 7 nitrogen and oxygen atoms in total. The molecule has 1 aliphatic rings. The number of nitrogens with two attached hydrogens (primary N) is 1. The second-order valence-electron chi connectivity index (χ2n) is 5.63. The largest absolute Gasteiger partial charge is 0.493 e. The topological polar surface area (TPSA) is 106 Å². The molecule has 0 unspecified atom stereocenters. The minimum atomic E-state index is -0.484. The summed E-state index contributed by atoms with van der Waals surface area (Å²) >= 11 is 6.41. The third-order valence-corrected chi connectivity index (χ3v) is 4.34. The van der Waals surface area contributed by atoms with Gasteiger partial charge in [0.15, 0.2) is 11.5 Å². The molecule has 0 saturated carbocycles.